The predicted molar refractivity (Wildman–Crippen MR) is 155 cm³/mol. The van der Waals surface area contributed by atoms with Crippen LogP contribution in [0.4, 0.5) is 17.1 Å². The number of benzene rings is 3. The molecule has 1 amide bonds. The molecule has 1 heterocycles. The number of amides is 1. The van der Waals surface area contributed by atoms with Crippen LogP contribution < -0.4 is 20.3 Å². The summed E-state index contributed by atoms with van der Waals surface area (Å²) in [6.45, 7) is 7.60. The number of rotatable bonds is 6. The molecule has 0 aliphatic carbocycles. The Morgan fingerprint density at radius 1 is 0.949 bits per heavy atom. The van der Waals surface area contributed by atoms with Crippen LogP contribution in [0.15, 0.2) is 69.4 Å². The van der Waals surface area contributed by atoms with Crippen molar-refractivity contribution in [3.8, 4) is 0 Å². The quantitative estimate of drug-likeness (QED) is 0.354. The van der Waals surface area contributed by atoms with E-state index >= 15 is 0 Å². The molecule has 1 fully saturated rings. The Balaban J connectivity index is 0.00000205. The minimum absolute atomic E-state index is 0.0592. The van der Waals surface area contributed by atoms with E-state index in [0.717, 1.165) is 11.6 Å². The highest BCUT2D eigenvalue weighted by Gasteiger charge is 2.30. The molecule has 0 radical (unpaired) electrons. The van der Waals surface area contributed by atoms with E-state index in [0.29, 0.717) is 32.8 Å². The van der Waals surface area contributed by atoms with Crippen LogP contribution in [0.2, 0.25) is 10.0 Å². The Hall–Kier alpha value is -3.16. The van der Waals surface area contributed by atoms with Gasteiger partial charge < -0.3 is 0 Å². The number of carbonyl (C=O) groups excluding carboxylic acids is 1. The second-order valence-electron chi connectivity index (χ2n) is 8.28. The minimum atomic E-state index is -4.15. The zero-order valence-electron chi connectivity index (χ0n) is 21.5. The molecule has 208 valence electrons. The molecule has 0 atom stereocenters. The largest absolute Gasteiger partial charge is 0.280 e. The maximum Gasteiger partial charge on any atom is 0.261 e. The summed E-state index contributed by atoms with van der Waals surface area (Å²) in [6, 6.07) is 12.7. The fraction of sp³-hybridized carbons (Fsp3) is 0.200. The Kier molecular flexibility index (Phi) is 9.29. The van der Waals surface area contributed by atoms with Crippen molar-refractivity contribution < 1.29 is 21.6 Å². The van der Waals surface area contributed by atoms with Crippen molar-refractivity contribution in [1.82, 2.24) is 5.43 Å². The summed E-state index contributed by atoms with van der Waals surface area (Å²) in [5.74, 6) is -0.0164. The first-order valence-corrected chi connectivity index (χ1v) is 15.4. The third-order valence-corrected chi connectivity index (χ3v) is 8.22. The molecule has 3 aromatic rings. The van der Waals surface area contributed by atoms with Gasteiger partial charge in [-0.25, -0.2) is 32.0 Å². The average molecular weight is 613 g/mol. The lowest BCUT2D eigenvalue weighted by molar-refractivity contribution is -0.116. The fourth-order valence-electron chi connectivity index (χ4n) is 3.58. The highest BCUT2D eigenvalue weighted by atomic mass is 35.5. The summed E-state index contributed by atoms with van der Waals surface area (Å²) in [7, 11) is -8.23. The fourth-order valence-corrected chi connectivity index (χ4v) is 6.07. The Bertz CT molecular complexity index is 1650. The van der Waals surface area contributed by atoms with Gasteiger partial charge in [0.05, 0.1) is 37.6 Å². The minimum Gasteiger partial charge on any atom is -0.280 e. The molecule has 0 aromatic heterocycles. The zero-order valence-corrected chi connectivity index (χ0v) is 24.6. The van der Waals surface area contributed by atoms with Crippen LogP contribution in [0.25, 0.3) is 0 Å². The molecule has 1 aliphatic rings. The number of anilines is 2. The second kappa shape index (κ2) is 11.9. The van der Waals surface area contributed by atoms with E-state index in [4.69, 9.17) is 28.3 Å². The van der Waals surface area contributed by atoms with Crippen LogP contribution in [0.5, 0.6) is 0 Å². The Morgan fingerprint density at radius 3 is 2.18 bits per heavy atom. The third-order valence-electron chi connectivity index (χ3n) is 5.35. The Morgan fingerprint density at radius 2 is 1.56 bits per heavy atom. The van der Waals surface area contributed by atoms with Crippen LogP contribution in [0.3, 0.4) is 0 Å². The maximum absolute atomic E-state index is 12.9. The van der Waals surface area contributed by atoms with Crippen molar-refractivity contribution in [3.63, 3.8) is 0 Å². The topological polar surface area (TPSA) is 151 Å². The van der Waals surface area contributed by atoms with Crippen LogP contribution in [-0.4, -0.2) is 28.6 Å². The number of primary sulfonamides is 1. The van der Waals surface area contributed by atoms with E-state index in [-0.39, 0.29) is 27.8 Å². The van der Waals surface area contributed by atoms with Gasteiger partial charge in [-0.05, 0) is 67.4 Å². The molecule has 14 heteroatoms. The number of amidine groups is 1. The summed E-state index contributed by atoms with van der Waals surface area (Å²) < 4.78 is 51.4. The first kappa shape index (κ1) is 30.4. The van der Waals surface area contributed by atoms with Gasteiger partial charge in [0.15, 0.2) is 0 Å². The predicted octanol–water partition coefficient (Wildman–Crippen LogP) is 5.06. The van der Waals surface area contributed by atoms with Crippen LogP contribution in [0.1, 0.15) is 31.4 Å². The number of carbonyl (C=O) groups is 1. The van der Waals surface area contributed by atoms with Gasteiger partial charge in [0.25, 0.3) is 15.9 Å². The number of aryl methyl sites for hydroxylation is 2. The number of hydrogen-bond acceptors (Lipinski definition) is 6. The third kappa shape index (κ3) is 7.08. The SMILES string of the molecule is CC.Cc1cc(Cl)c(N2NC(=Nc3cc(NS(=O)(=O)c4cccc(S(N)(=O)=O)c4)ccc3C)CC2=O)c(Cl)c1. The van der Waals surface area contributed by atoms with Crippen molar-refractivity contribution in [1.29, 1.82) is 0 Å². The molecular weight excluding hydrogens is 585 g/mol. The number of nitrogens with zero attached hydrogens (tertiary/aromatic N) is 2. The van der Waals surface area contributed by atoms with Crippen molar-refractivity contribution in [2.24, 2.45) is 10.1 Å². The number of hydrogen-bond donors (Lipinski definition) is 3. The molecule has 4 rings (SSSR count). The number of halogens is 2. The van der Waals surface area contributed by atoms with Gasteiger partial charge in [0.2, 0.25) is 10.0 Å². The van der Waals surface area contributed by atoms with Crippen molar-refractivity contribution in [2.45, 2.75) is 43.9 Å². The van der Waals surface area contributed by atoms with E-state index < -0.39 is 20.0 Å². The molecule has 3 aromatic carbocycles. The standard InChI is InChI=1S/C23H21Cl2N5O5S2.C2H6/c1-13-8-18(24)23(19(25)9-13)30-22(31)12-21(28-30)27-20-10-15(7-6-14(20)2)29-37(34,35)17-5-3-4-16(11-17)36(26,32)33;1-2/h3-11,29H,12H2,1-2H3,(H,27,28)(H2,26,32,33);1-2H3. The normalized spacial score (nSPS) is 14.6. The van der Waals surface area contributed by atoms with Gasteiger partial charge in [-0.1, -0.05) is 49.2 Å². The molecule has 0 unspecified atom stereocenters. The number of nitrogens with two attached hydrogens (primary N) is 1. The average Bonchev–Trinajstić information content (AvgIpc) is 3.20. The molecule has 0 spiro atoms. The summed E-state index contributed by atoms with van der Waals surface area (Å²) in [6.07, 6.45) is -0.0592. The molecule has 0 saturated carbocycles. The zero-order chi connectivity index (χ0) is 29.1. The van der Waals surface area contributed by atoms with E-state index in [1.54, 1.807) is 25.1 Å². The molecular formula is C25H27Cl2N5O5S2. The molecule has 39 heavy (non-hydrogen) atoms. The van der Waals surface area contributed by atoms with E-state index in [1.165, 1.54) is 35.3 Å². The van der Waals surface area contributed by atoms with Gasteiger partial charge in [0.1, 0.15) is 11.5 Å². The van der Waals surface area contributed by atoms with Gasteiger partial charge in [-0.2, -0.15) is 0 Å². The lowest BCUT2D eigenvalue weighted by Gasteiger charge is -2.19. The summed E-state index contributed by atoms with van der Waals surface area (Å²) in [5, 5.41) is 6.93. The van der Waals surface area contributed by atoms with E-state index in [9.17, 15) is 21.6 Å². The Labute approximate surface area is 237 Å². The van der Waals surface area contributed by atoms with Crippen LogP contribution in [-0.2, 0) is 24.8 Å². The number of hydrazine groups is 1. The molecule has 10 nitrogen and oxygen atoms in total. The first-order chi connectivity index (χ1) is 18.2. The lowest BCUT2D eigenvalue weighted by Crippen LogP contribution is -2.36. The van der Waals surface area contributed by atoms with E-state index in [1.807, 2.05) is 20.8 Å². The van der Waals surface area contributed by atoms with Gasteiger partial charge >= 0.3 is 0 Å². The van der Waals surface area contributed by atoms with Crippen LogP contribution >= 0.6 is 23.2 Å². The van der Waals surface area contributed by atoms with Gasteiger partial charge in [-0.15, -0.1) is 0 Å². The number of aliphatic imine (C=N–C) groups is 1. The lowest BCUT2D eigenvalue weighted by atomic mass is 10.2. The highest BCUT2D eigenvalue weighted by molar-refractivity contribution is 7.93. The van der Waals surface area contributed by atoms with Gasteiger partial charge in [-0.3, -0.25) is 14.9 Å². The smallest absolute Gasteiger partial charge is 0.261 e. The molecule has 0 bridgehead atoms. The van der Waals surface area contributed by atoms with Gasteiger partial charge in [0, 0.05) is 0 Å². The summed E-state index contributed by atoms with van der Waals surface area (Å²) in [5.41, 5.74) is 5.34. The summed E-state index contributed by atoms with van der Waals surface area (Å²) >= 11 is 12.6. The maximum atomic E-state index is 12.9. The molecule has 1 aliphatic heterocycles. The van der Waals surface area contributed by atoms with Crippen molar-refractivity contribution in [3.05, 3.63) is 75.8 Å². The van der Waals surface area contributed by atoms with Crippen LogP contribution in [0, 0.1) is 13.8 Å². The molecule has 1 saturated heterocycles. The van der Waals surface area contributed by atoms with E-state index in [2.05, 4.69) is 15.1 Å². The number of sulfonamides is 2. The monoisotopic (exact) mass is 611 g/mol. The number of nitrogens with one attached hydrogen (secondary N) is 2. The van der Waals surface area contributed by atoms with Crippen molar-refractivity contribution in [2.75, 3.05) is 9.73 Å². The first-order valence-electron chi connectivity index (χ1n) is 11.6. The second-order valence-corrected chi connectivity index (χ2v) is 12.3. The van der Waals surface area contributed by atoms with Crippen molar-refractivity contribution >= 4 is 72.1 Å². The summed E-state index contributed by atoms with van der Waals surface area (Å²) in [4.78, 5) is 16.6. The molecule has 4 N–H and O–H groups in total. The highest BCUT2D eigenvalue weighted by Crippen LogP contribution is 2.36.